The third-order valence-electron chi connectivity index (χ3n) is 2.92. The summed E-state index contributed by atoms with van der Waals surface area (Å²) in [6, 6.07) is 0. The summed E-state index contributed by atoms with van der Waals surface area (Å²) in [5.41, 5.74) is 0.378. The maximum atomic E-state index is 12.1. The molecule has 0 bridgehead atoms. The Morgan fingerprint density at radius 2 is 2.19 bits per heavy atom. The molecule has 0 fully saturated rings. The van der Waals surface area contributed by atoms with Crippen molar-refractivity contribution in [3.63, 3.8) is 0 Å². The van der Waals surface area contributed by atoms with Crippen LogP contribution in [0.15, 0.2) is 11.1 Å². The number of fused-ring (bicyclic) bond motifs is 1. The molecule has 2 rings (SSSR count). The van der Waals surface area contributed by atoms with Crippen molar-refractivity contribution in [1.82, 2.24) is 14.9 Å². The lowest BCUT2D eigenvalue weighted by Gasteiger charge is -2.04. The van der Waals surface area contributed by atoms with Crippen molar-refractivity contribution in [1.29, 1.82) is 0 Å². The van der Waals surface area contributed by atoms with Crippen LogP contribution >= 0.6 is 11.3 Å². The van der Waals surface area contributed by atoms with Gasteiger partial charge in [-0.05, 0) is 19.4 Å². The topological polar surface area (TPSA) is 90.3 Å². The number of aromatic nitrogens is 2. The molecule has 0 saturated carbocycles. The zero-order chi connectivity index (χ0) is 15.6. The highest BCUT2D eigenvalue weighted by molar-refractivity contribution is 7.20. The fraction of sp³-hybridized carbons (Fsp3) is 0.385. The van der Waals surface area contributed by atoms with E-state index < -0.39 is 11.9 Å². The molecule has 7 nitrogen and oxygen atoms in total. The standard InChI is InChI=1S/C13H15N3O4S/c1-4-20-8(17)5-14-11(18)10-7(2)9-12(21-10)15-6-16(3)13(9)19/h6H,4-5H2,1-3H3,(H,14,18). The average Bonchev–Trinajstić information content (AvgIpc) is 2.78. The predicted octanol–water partition coefficient (Wildman–Crippen LogP) is 0.596. The summed E-state index contributed by atoms with van der Waals surface area (Å²) in [6.07, 6.45) is 1.42. The second-order valence-electron chi connectivity index (χ2n) is 4.38. The normalized spacial score (nSPS) is 10.6. The maximum absolute atomic E-state index is 12.1. The van der Waals surface area contributed by atoms with Gasteiger partial charge in [-0.25, -0.2) is 4.98 Å². The van der Waals surface area contributed by atoms with E-state index in [0.717, 1.165) is 11.3 Å². The summed E-state index contributed by atoms with van der Waals surface area (Å²) in [6.45, 7) is 3.45. The molecule has 2 aromatic rings. The van der Waals surface area contributed by atoms with Crippen molar-refractivity contribution in [2.75, 3.05) is 13.2 Å². The highest BCUT2D eigenvalue weighted by Crippen LogP contribution is 2.26. The lowest BCUT2D eigenvalue weighted by Crippen LogP contribution is -2.30. The average molecular weight is 309 g/mol. The molecule has 0 atom stereocenters. The van der Waals surface area contributed by atoms with Gasteiger partial charge in [0.1, 0.15) is 11.4 Å². The number of thiophene rings is 1. The molecule has 2 aromatic heterocycles. The van der Waals surface area contributed by atoms with E-state index in [2.05, 4.69) is 10.3 Å². The Morgan fingerprint density at radius 3 is 2.86 bits per heavy atom. The number of ether oxygens (including phenoxy) is 1. The van der Waals surface area contributed by atoms with E-state index in [1.165, 1.54) is 10.9 Å². The minimum atomic E-state index is -0.501. The minimum absolute atomic E-state index is 0.196. The molecule has 8 heteroatoms. The Labute approximate surface area is 124 Å². The van der Waals surface area contributed by atoms with E-state index in [-0.39, 0.29) is 18.7 Å². The van der Waals surface area contributed by atoms with Crippen LogP contribution in [0, 0.1) is 6.92 Å². The Hall–Kier alpha value is -2.22. The highest BCUT2D eigenvalue weighted by Gasteiger charge is 2.19. The van der Waals surface area contributed by atoms with Gasteiger partial charge in [-0.1, -0.05) is 0 Å². The summed E-state index contributed by atoms with van der Waals surface area (Å²) in [7, 11) is 1.60. The van der Waals surface area contributed by atoms with Crippen LogP contribution in [-0.2, 0) is 16.6 Å². The van der Waals surface area contributed by atoms with Gasteiger partial charge in [-0.2, -0.15) is 0 Å². The first-order valence-corrected chi connectivity index (χ1v) is 7.15. The third-order valence-corrected chi connectivity index (χ3v) is 4.11. The van der Waals surface area contributed by atoms with Crippen molar-refractivity contribution in [3.8, 4) is 0 Å². The summed E-state index contributed by atoms with van der Waals surface area (Å²) in [5.74, 6) is -0.913. The van der Waals surface area contributed by atoms with Crippen LogP contribution in [0.25, 0.3) is 10.2 Å². The Balaban J connectivity index is 2.29. The number of aryl methyl sites for hydroxylation is 2. The molecule has 112 valence electrons. The van der Waals surface area contributed by atoms with Gasteiger partial charge in [0.15, 0.2) is 0 Å². The van der Waals surface area contributed by atoms with Crippen LogP contribution < -0.4 is 10.9 Å². The van der Waals surface area contributed by atoms with E-state index in [1.54, 1.807) is 20.9 Å². The van der Waals surface area contributed by atoms with Gasteiger partial charge in [0.25, 0.3) is 11.5 Å². The molecule has 1 N–H and O–H groups in total. The number of rotatable bonds is 4. The molecule has 2 heterocycles. The molecular formula is C13H15N3O4S. The van der Waals surface area contributed by atoms with Crippen LogP contribution in [0.4, 0.5) is 0 Å². The van der Waals surface area contributed by atoms with Gasteiger partial charge in [-0.3, -0.25) is 14.4 Å². The van der Waals surface area contributed by atoms with Gasteiger partial charge >= 0.3 is 5.97 Å². The number of carbonyl (C=O) groups excluding carboxylic acids is 2. The number of esters is 1. The first-order valence-electron chi connectivity index (χ1n) is 6.34. The molecule has 0 unspecified atom stereocenters. The number of amides is 1. The number of hydrogen-bond acceptors (Lipinski definition) is 6. The number of carbonyl (C=O) groups is 2. The molecule has 0 aliphatic rings. The second kappa shape index (κ2) is 6.04. The zero-order valence-corrected chi connectivity index (χ0v) is 12.7. The van der Waals surface area contributed by atoms with Crippen LogP contribution in [0.3, 0.4) is 0 Å². The number of nitrogens with zero attached hydrogens (tertiary/aromatic N) is 2. The van der Waals surface area contributed by atoms with Crippen LogP contribution in [0.5, 0.6) is 0 Å². The van der Waals surface area contributed by atoms with Crippen LogP contribution in [0.2, 0.25) is 0 Å². The predicted molar refractivity (Wildman–Crippen MR) is 78.6 cm³/mol. The number of nitrogens with one attached hydrogen (secondary N) is 1. The van der Waals surface area contributed by atoms with Gasteiger partial charge in [-0.15, -0.1) is 11.3 Å². The van der Waals surface area contributed by atoms with E-state index in [1.807, 2.05) is 0 Å². The molecule has 0 aliphatic heterocycles. The lowest BCUT2D eigenvalue weighted by atomic mass is 10.2. The quantitative estimate of drug-likeness (QED) is 0.835. The Kier molecular flexibility index (Phi) is 4.37. The Morgan fingerprint density at radius 1 is 1.48 bits per heavy atom. The summed E-state index contributed by atoms with van der Waals surface area (Å²) >= 11 is 1.13. The van der Waals surface area contributed by atoms with Crippen molar-refractivity contribution < 1.29 is 14.3 Å². The Bertz CT molecular complexity index is 763. The van der Waals surface area contributed by atoms with E-state index >= 15 is 0 Å². The molecule has 0 aliphatic carbocycles. The molecule has 1 amide bonds. The number of hydrogen-bond donors (Lipinski definition) is 1. The van der Waals surface area contributed by atoms with Crippen molar-refractivity contribution >= 4 is 33.4 Å². The van der Waals surface area contributed by atoms with E-state index in [9.17, 15) is 14.4 Å². The molecule has 0 aromatic carbocycles. The van der Waals surface area contributed by atoms with Crippen molar-refractivity contribution in [2.45, 2.75) is 13.8 Å². The van der Waals surface area contributed by atoms with Gasteiger partial charge < -0.3 is 14.6 Å². The summed E-state index contributed by atoms with van der Waals surface area (Å²) in [5, 5.41) is 2.92. The molecule has 0 radical (unpaired) electrons. The lowest BCUT2D eigenvalue weighted by molar-refractivity contribution is -0.141. The summed E-state index contributed by atoms with van der Waals surface area (Å²) < 4.78 is 6.10. The molecule has 0 spiro atoms. The monoisotopic (exact) mass is 309 g/mol. The third kappa shape index (κ3) is 2.94. The van der Waals surface area contributed by atoms with Crippen molar-refractivity contribution in [3.05, 3.63) is 27.1 Å². The zero-order valence-electron chi connectivity index (χ0n) is 11.9. The molecule has 21 heavy (non-hydrogen) atoms. The van der Waals surface area contributed by atoms with E-state index in [0.29, 0.717) is 20.7 Å². The smallest absolute Gasteiger partial charge is 0.325 e. The fourth-order valence-corrected chi connectivity index (χ4v) is 2.93. The van der Waals surface area contributed by atoms with Gasteiger partial charge in [0.2, 0.25) is 0 Å². The SMILES string of the molecule is CCOC(=O)CNC(=O)c1sc2ncn(C)c(=O)c2c1C. The first kappa shape index (κ1) is 15.2. The largest absolute Gasteiger partial charge is 0.465 e. The van der Waals surface area contributed by atoms with Crippen LogP contribution in [-0.4, -0.2) is 34.6 Å². The maximum Gasteiger partial charge on any atom is 0.325 e. The highest BCUT2D eigenvalue weighted by atomic mass is 32.1. The molecular weight excluding hydrogens is 294 g/mol. The summed E-state index contributed by atoms with van der Waals surface area (Å²) in [4.78, 5) is 40.4. The molecule has 0 saturated heterocycles. The minimum Gasteiger partial charge on any atom is -0.465 e. The first-order chi connectivity index (χ1) is 9.95. The van der Waals surface area contributed by atoms with Crippen LogP contribution in [0.1, 0.15) is 22.2 Å². The van der Waals surface area contributed by atoms with Gasteiger partial charge in [0, 0.05) is 7.05 Å². The fourth-order valence-electron chi connectivity index (χ4n) is 1.87. The van der Waals surface area contributed by atoms with Gasteiger partial charge in [0.05, 0.1) is 23.2 Å². The van der Waals surface area contributed by atoms with Crippen molar-refractivity contribution in [2.24, 2.45) is 7.05 Å². The van der Waals surface area contributed by atoms with E-state index in [4.69, 9.17) is 4.74 Å². The second-order valence-corrected chi connectivity index (χ2v) is 5.38.